The molecule has 0 aliphatic rings. The fourth-order valence-electron chi connectivity index (χ4n) is 0.903. The molecule has 0 aliphatic carbocycles. The normalized spacial score (nSPS) is 9.54. The molecule has 1 aromatic rings. The molecule has 0 radical (unpaired) electrons. The van der Waals surface area contributed by atoms with E-state index in [0.717, 1.165) is 5.75 Å². The van der Waals surface area contributed by atoms with Crippen molar-refractivity contribution in [3.63, 3.8) is 0 Å². The number of benzene rings is 1. The summed E-state index contributed by atoms with van der Waals surface area (Å²) in [6.45, 7) is 3.42. The highest BCUT2D eigenvalue weighted by molar-refractivity contribution is 7.99. The number of hydrogen-bond donors (Lipinski definition) is 0. The van der Waals surface area contributed by atoms with Gasteiger partial charge >= 0.3 is 0 Å². The standard InChI is InChI=1S/C11H12OS/c1-2-11(12)9-13-8-10-6-4-3-5-7-10/h2-7H,1,8-9H2. The maximum absolute atomic E-state index is 10.9. The van der Waals surface area contributed by atoms with Gasteiger partial charge in [0.25, 0.3) is 0 Å². The SMILES string of the molecule is C=CC(=O)CSCc1ccccc1. The minimum Gasteiger partial charge on any atom is -0.294 e. The van der Waals surface area contributed by atoms with E-state index in [9.17, 15) is 4.79 Å². The fraction of sp³-hybridized carbons (Fsp3) is 0.182. The summed E-state index contributed by atoms with van der Waals surface area (Å²) in [5, 5.41) is 0. The minimum absolute atomic E-state index is 0.0981. The van der Waals surface area contributed by atoms with E-state index in [1.54, 1.807) is 11.8 Å². The van der Waals surface area contributed by atoms with Gasteiger partial charge in [-0.15, -0.1) is 11.8 Å². The zero-order chi connectivity index (χ0) is 9.52. The third kappa shape index (κ3) is 3.95. The lowest BCUT2D eigenvalue weighted by molar-refractivity contribution is -0.112. The molecular weight excluding hydrogens is 180 g/mol. The van der Waals surface area contributed by atoms with Gasteiger partial charge in [0.1, 0.15) is 0 Å². The van der Waals surface area contributed by atoms with E-state index in [0.29, 0.717) is 5.75 Å². The number of thioether (sulfide) groups is 1. The van der Waals surface area contributed by atoms with Crippen molar-refractivity contribution in [2.24, 2.45) is 0 Å². The van der Waals surface area contributed by atoms with Crippen molar-refractivity contribution in [3.8, 4) is 0 Å². The van der Waals surface area contributed by atoms with Crippen LogP contribution >= 0.6 is 11.8 Å². The topological polar surface area (TPSA) is 17.1 Å². The van der Waals surface area contributed by atoms with Crippen LogP contribution in [0.1, 0.15) is 5.56 Å². The highest BCUT2D eigenvalue weighted by Crippen LogP contribution is 2.11. The van der Waals surface area contributed by atoms with E-state index in [1.165, 1.54) is 11.6 Å². The lowest BCUT2D eigenvalue weighted by atomic mass is 10.2. The van der Waals surface area contributed by atoms with E-state index in [-0.39, 0.29) is 5.78 Å². The monoisotopic (exact) mass is 192 g/mol. The van der Waals surface area contributed by atoms with Gasteiger partial charge in [0.05, 0.1) is 5.75 Å². The van der Waals surface area contributed by atoms with Gasteiger partial charge in [-0.1, -0.05) is 36.9 Å². The summed E-state index contributed by atoms with van der Waals surface area (Å²) in [6.07, 6.45) is 1.37. The average molecular weight is 192 g/mol. The molecule has 0 aliphatic heterocycles. The van der Waals surface area contributed by atoms with Crippen molar-refractivity contribution >= 4 is 17.5 Å². The van der Waals surface area contributed by atoms with Crippen LogP contribution in [0.2, 0.25) is 0 Å². The summed E-state index contributed by atoms with van der Waals surface area (Å²) in [7, 11) is 0. The molecular formula is C11H12OS. The van der Waals surface area contributed by atoms with Gasteiger partial charge in [-0.2, -0.15) is 0 Å². The Kier molecular flexibility index (Phi) is 4.33. The molecule has 1 nitrogen and oxygen atoms in total. The van der Waals surface area contributed by atoms with Crippen LogP contribution in [0.15, 0.2) is 43.0 Å². The van der Waals surface area contributed by atoms with E-state index in [1.807, 2.05) is 18.2 Å². The van der Waals surface area contributed by atoms with Crippen LogP contribution in [0.3, 0.4) is 0 Å². The molecule has 0 amide bonds. The van der Waals surface area contributed by atoms with Gasteiger partial charge in [0, 0.05) is 5.75 Å². The Hall–Kier alpha value is -1.02. The molecule has 13 heavy (non-hydrogen) atoms. The quantitative estimate of drug-likeness (QED) is 0.667. The summed E-state index contributed by atoms with van der Waals surface area (Å²) in [4.78, 5) is 10.9. The van der Waals surface area contributed by atoms with E-state index in [2.05, 4.69) is 18.7 Å². The lowest BCUT2D eigenvalue weighted by Crippen LogP contribution is -1.95. The number of carbonyl (C=O) groups excluding carboxylic acids is 1. The molecule has 2 heteroatoms. The first-order chi connectivity index (χ1) is 6.33. The molecule has 0 saturated heterocycles. The Morgan fingerprint density at radius 2 is 2.08 bits per heavy atom. The van der Waals surface area contributed by atoms with E-state index in [4.69, 9.17) is 0 Å². The molecule has 1 rings (SSSR count). The van der Waals surface area contributed by atoms with Crippen LogP contribution in [0, 0.1) is 0 Å². The number of carbonyl (C=O) groups is 1. The second-order valence-electron chi connectivity index (χ2n) is 2.65. The minimum atomic E-state index is 0.0981. The zero-order valence-corrected chi connectivity index (χ0v) is 8.22. The van der Waals surface area contributed by atoms with Gasteiger partial charge < -0.3 is 0 Å². The summed E-state index contributed by atoms with van der Waals surface area (Å²) < 4.78 is 0. The highest BCUT2D eigenvalue weighted by Gasteiger charge is 1.96. The lowest BCUT2D eigenvalue weighted by Gasteiger charge is -1.98. The molecule has 0 bridgehead atoms. The summed E-state index contributed by atoms with van der Waals surface area (Å²) in [5.41, 5.74) is 1.25. The third-order valence-electron chi connectivity index (χ3n) is 1.58. The second-order valence-corrected chi connectivity index (χ2v) is 3.63. The van der Waals surface area contributed by atoms with Crippen molar-refractivity contribution in [3.05, 3.63) is 48.6 Å². The zero-order valence-electron chi connectivity index (χ0n) is 7.40. The Morgan fingerprint density at radius 3 is 2.69 bits per heavy atom. The number of hydrogen-bond acceptors (Lipinski definition) is 2. The fourth-order valence-corrected chi connectivity index (χ4v) is 1.75. The van der Waals surface area contributed by atoms with Crippen LogP contribution < -0.4 is 0 Å². The van der Waals surface area contributed by atoms with Gasteiger partial charge in [-0.05, 0) is 11.6 Å². The first-order valence-electron chi connectivity index (χ1n) is 4.10. The molecule has 0 aromatic heterocycles. The molecule has 0 saturated carbocycles. The smallest absolute Gasteiger partial charge is 0.164 e. The van der Waals surface area contributed by atoms with Crippen molar-refractivity contribution in [2.75, 3.05) is 5.75 Å². The van der Waals surface area contributed by atoms with Gasteiger partial charge in [-0.3, -0.25) is 4.79 Å². The molecule has 0 atom stereocenters. The second kappa shape index (κ2) is 5.60. The number of rotatable bonds is 5. The van der Waals surface area contributed by atoms with Crippen molar-refractivity contribution < 1.29 is 4.79 Å². The van der Waals surface area contributed by atoms with Crippen LogP contribution in [0.25, 0.3) is 0 Å². The molecule has 0 heterocycles. The number of allylic oxidation sites excluding steroid dienone is 1. The molecule has 1 aromatic carbocycles. The Labute approximate surface area is 82.9 Å². The van der Waals surface area contributed by atoms with Crippen LogP contribution in [-0.4, -0.2) is 11.5 Å². The van der Waals surface area contributed by atoms with Gasteiger partial charge in [-0.25, -0.2) is 0 Å². The van der Waals surface area contributed by atoms with E-state index >= 15 is 0 Å². The molecule has 0 spiro atoms. The van der Waals surface area contributed by atoms with E-state index < -0.39 is 0 Å². The molecule has 0 fully saturated rings. The Morgan fingerprint density at radius 1 is 1.38 bits per heavy atom. The maximum atomic E-state index is 10.9. The van der Waals surface area contributed by atoms with Crippen molar-refractivity contribution in [1.82, 2.24) is 0 Å². The first kappa shape index (κ1) is 10.1. The largest absolute Gasteiger partial charge is 0.294 e. The van der Waals surface area contributed by atoms with Crippen molar-refractivity contribution in [1.29, 1.82) is 0 Å². The third-order valence-corrected chi connectivity index (χ3v) is 2.61. The Balaban J connectivity index is 2.28. The predicted molar refractivity (Wildman–Crippen MR) is 57.8 cm³/mol. The summed E-state index contributed by atoms with van der Waals surface area (Å²) >= 11 is 1.62. The number of ketones is 1. The first-order valence-corrected chi connectivity index (χ1v) is 5.25. The van der Waals surface area contributed by atoms with Crippen LogP contribution in [0.5, 0.6) is 0 Å². The van der Waals surface area contributed by atoms with Crippen LogP contribution in [-0.2, 0) is 10.5 Å². The summed E-state index contributed by atoms with van der Waals surface area (Å²) in [5.74, 6) is 1.51. The Bertz CT molecular complexity index is 279. The summed E-state index contributed by atoms with van der Waals surface area (Å²) in [6, 6.07) is 10.1. The van der Waals surface area contributed by atoms with Crippen LogP contribution in [0.4, 0.5) is 0 Å². The van der Waals surface area contributed by atoms with Gasteiger partial charge in [0.2, 0.25) is 0 Å². The van der Waals surface area contributed by atoms with Crippen molar-refractivity contribution in [2.45, 2.75) is 5.75 Å². The average Bonchev–Trinajstić information content (AvgIpc) is 2.19. The maximum Gasteiger partial charge on any atom is 0.164 e. The molecule has 0 N–H and O–H groups in total. The molecule has 68 valence electrons. The molecule has 0 unspecified atom stereocenters. The highest BCUT2D eigenvalue weighted by atomic mass is 32.2. The van der Waals surface area contributed by atoms with Gasteiger partial charge in [0.15, 0.2) is 5.78 Å². The predicted octanol–water partition coefficient (Wildman–Crippen LogP) is 2.67.